The van der Waals surface area contributed by atoms with Gasteiger partial charge in [0.2, 0.25) is 0 Å². The fraction of sp³-hybridized carbons (Fsp3) is 0.200. The Kier molecular flexibility index (Phi) is 7.00. The van der Waals surface area contributed by atoms with Gasteiger partial charge in [-0.15, -0.1) is 13.2 Å². The van der Waals surface area contributed by atoms with Crippen LogP contribution in [-0.4, -0.2) is 45.2 Å². The van der Waals surface area contributed by atoms with E-state index in [1.807, 2.05) is 12.3 Å². The molecule has 0 saturated carbocycles. The zero-order valence-electron chi connectivity index (χ0n) is 19.4. The number of nitrogens with one attached hydrogen (secondary N) is 1. The van der Waals surface area contributed by atoms with E-state index in [4.69, 9.17) is 14.6 Å². The SMILES string of the molecule is Cn1cc2ccc(C(=O)NC3(c4ccc(OC(F)(F)F)cc4)CCOc4cccnc43)cc2n1.O=CO. The number of carbonyl (C=O) groups excluding carboxylic acids is 1. The van der Waals surface area contributed by atoms with Gasteiger partial charge in [0.05, 0.1) is 12.1 Å². The van der Waals surface area contributed by atoms with Crippen molar-refractivity contribution in [1.29, 1.82) is 0 Å². The third kappa shape index (κ3) is 5.47. The highest BCUT2D eigenvalue weighted by Gasteiger charge is 2.43. The highest BCUT2D eigenvalue weighted by atomic mass is 19.4. The Morgan fingerprint density at radius 3 is 2.65 bits per heavy atom. The topological polar surface area (TPSA) is 116 Å². The Bertz CT molecular complexity index is 1420. The number of hydrogen-bond donors (Lipinski definition) is 2. The van der Waals surface area contributed by atoms with Gasteiger partial charge in [0, 0.05) is 36.8 Å². The highest BCUT2D eigenvalue weighted by Crippen LogP contribution is 2.41. The second kappa shape index (κ2) is 10.2. The lowest BCUT2D eigenvalue weighted by Crippen LogP contribution is -2.50. The maximum Gasteiger partial charge on any atom is 0.573 e. The van der Waals surface area contributed by atoms with Crippen LogP contribution in [0.15, 0.2) is 67.0 Å². The number of amides is 1. The molecule has 2 N–H and O–H groups in total. The third-order valence-corrected chi connectivity index (χ3v) is 5.70. The smallest absolute Gasteiger partial charge is 0.491 e. The van der Waals surface area contributed by atoms with Crippen LogP contribution in [0.4, 0.5) is 13.2 Å². The van der Waals surface area contributed by atoms with E-state index in [9.17, 15) is 18.0 Å². The van der Waals surface area contributed by atoms with E-state index >= 15 is 0 Å². The lowest BCUT2D eigenvalue weighted by Gasteiger charge is -2.39. The van der Waals surface area contributed by atoms with E-state index < -0.39 is 11.9 Å². The van der Waals surface area contributed by atoms with Gasteiger partial charge in [-0.2, -0.15) is 5.10 Å². The molecular weight excluding hydrogens is 493 g/mol. The summed E-state index contributed by atoms with van der Waals surface area (Å²) in [6.07, 6.45) is -1.05. The number of pyridine rings is 1. The molecule has 1 unspecified atom stereocenters. The van der Waals surface area contributed by atoms with Crippen LogP contribution < -0.4 is 14.8 Å². The molecule has 1 aliphatic heterocycles. The summed E-state index contributed by atoms with van der Waals surface area (Å²) in [4.78, 5) is 26.2. The Labute approximate surface area is 208 Å². The molecule has 1 atom stereocenters. The molecule has 2 aromatic carbocycles. The summed E-state index contributed by atoms with van der Waals surface area (Å²) in [5.74, 6) is -0.238. The monoisotopic (exact) mass is 514 g/mol. The molecule has 0 radical (unpaired) electrons. The first-order chi connectivity index (χ1) is 17.6. The lowest BCUT2D eigenvalue weighted by molar-refractivity contribution is -0.274. The van der Waals surface area contributed by atoms with Crippen LogP contribution in [0.1, 0.15) is 28.0 Å². The van der Waals surface area contributed by atoms with Crippen LogP contribution in [0.2, 0.25) is 0 Å². The van der Waals surface area contributed by atoms with Crippen molar-refractivity contribution >= 4 is 23.3 Å². The summed E-state index contributed by atoms with van der Waals surface area (Å²) in [5, 5.41) is 15.2. The van der Waals surface area contributed by atoms with Gasteiger partial charge < -0.3 is 19.9 Å². The normalized spacial score (nSPS) is 16.5. The number of hydrogen-bond acceptors (Lipinski definition) is 6. The second-order valence-corrected chi connectivity index (χ2v) is 8.06. The fourth-order valence-corrected chi connectivity index (χ4v) is 4.22. The maximum atomic E-state index is 13.4. The van der Waals surface area contributed by atoms with Crippen molar-refractivity contribution in [3.63, 3.8) is 0 Å². The van der Waals surface area contributed by atoms with E-state index in [-0.39, 0.29) is 24.7 Å². The predicted octanol–water partition coefficient (Wildman–Crippen LogP) is 4.02. The molecule has 37 heavy (non-hydrogen) atoms. The molecule has 2 aromatic heterocycles. The number of benzene rings is 2. The molecule has 0 aliphatic carbocycles. The predicted molar refractivity (Wildman–Crippen MR) is 125 cm³/mol. The quantitative estimate of drug-likeness (QED) is 0.395. The largest absolute Gasteiger partial charge is 0.573 e. The molecule has 0 bridgehead atoms. The molecular formula is C25H21F3N4O5. The van der Waals surface area contributed by atoms with Gasteiger partial charge in [-0.25, -0.2) is 0 Å². The minimum atomic E-state index is -4.80. The molecule has 0 saturated heterocycles. The fourth-order valence-electron chi connectivity index (χ4n) is 4.22. The summed E-state index contributed by atoms with van der Waals surface area (Å²) < 4.78 is 49.3. The molecule has 12 heteroatoms. The Morgan fingerprint density at radius 1 is 1.22 bits per heavy atom. The number of aromatic nitrogens is 3. The van der Waals surface area contributed by atoms with Crippen LogP contribution >= 0.6 is 0 Å². The number of carbonyl (C=O) groups is 2. The van der Waals surface area contributed by atoms with Gasteiger partial charge in [0.25, 0.3) is 12.4 Å². The van der Waals surface area contributed by atoms with Gasteiger partial charge in [0.1, 0.15) is 22.7 Å². The van der Waals surface area contributed by atoms with Gasteiger partial charge in [-0.05, 0) is 42.0 Å². The van der Waals surface area contributed by atoms with Crippen molar-refractivity contribution in [2.45, 2.75) is 18.3 Å². The molecule has 0 spiro atoms. The van der Waals surface area contributed by atoms with E-state index in [0.29, 0.717) is 34.5 Å². The summed E-state index contributed by atoms with van der Waals surface area (Å²) in [6.45, 7) is 0.0268. The average Bonchev–Trinajstić information content (AvgIpc) is 3.23. The Morgan fingerprint density at radius 2 is 1.95 bits per heavy atom. The Hall–Kier alpha value is -4.61. The van der Waals surface area contributed by atoms with Crippen LogP contribution in [0.25, 0.3) is 10.9 Å². The minimum Gasteiger partial charge on any atom is -0.491 e. The van der Waals surface area contributed by atoms with Gasteiger partial charge in [-0.3, -0.25) is 19.3 Å². The van der Waals surface area contributed by atoms with Gasteiger partial charge in [-0.1, -0.05) is 18.2 Å². The summed E-state index contributed by atoms with van der Waals surface area (Å²) >= 11 is 0. The standard InChI is InChI=1S/C24H19F3N4O3.CH2O2/c1-31-14-16-5-4-15(13-19(16)30-31)22(32)29-23(10-12-33-20-3-2-11-28-21(20)23)17-6-8-18(9-7-17)34-24(25,26)27;2-1-3/h2-9,11,13-14H,10,12H2,1H3,(H,29,32);1H,(H,2,3). The number of fused-ring (bicyclic) bond motifs is 2. The number of rotatable bonds is 4. The molecule has 0 fully saturated rings. The zero-order valence-corrected chi connectivity index (χ0v) is 19.4. The summed E-state index contributed by atoms with van der Waals surface area (Å²) in [7, 11) is 1.80. The molecule has 3 heterocycles. The molecule has 1 aliphatic rings. The van der Waals surface area contributed by atoms with Crippen LogP contribution in [-0.2, 0) is 17.4 Å². The van der Waals surface area contributed by atoms with Gasteiger partial charge in [0.15, 0.2) is 0 Å². The number of alkyl halides is 3. The van der Waals surface area contributed by atoms with E-state index in [2.05, 4.69) is 20.1 Å². The van der Waals surface area contributed by atoms with Crippen molar-refractivity contribution in [1.82, 2.24) is 20.1 Å². The number of halogens is 3. The van der Waals surface area contributed by atoms with Crippen molar-refractivity contribution in [3.8, 4) is 11.5 Å². The molecule has 9 nitrogen and oxygen atoms in total. The van der Waals surface area contributed by atoms with E-state index in [0.717, 1.165) is 5.39 Å². The Balaban J connectivity index is 0.00000102. The summed E-state index contributed by atoms with van der Waals surface area (Å²) in [6, 6.07) is 14.1. The molecule has 1 amide bonds. The zero-order chi connectivity index (χ0) is 26.6. The van der Waals surface area contributed by atoms with E-state index in [1.54, 1.807) is 42.2 Å². The van der Waals surface area contributed by atoms with Crippen LogP contribution in [0, 0.1) is 0 Å². The van der Waals surface area contributed by atoms with Crippen molar-refractivity contribution < 1.29 is 37.3 Å². The first-order valence-corrected chi connectivity index (χ1v) is 10.9. The minimum absolute atomic E-state index is 0.250. The number of ether oxygens (including phenoxy) is 2. The molecule has 192 valence electrons. The first kappa shape index (κ1) is 25.5. The molecule has 4 aromatic rings. The van der Waals surface area contributed by atoms with Crippen molar-refractivity contribution in [2.75, 3.05) is 6.61 Å². The maximum absolute atomic E-state index is 13.4. The third-order valence-electron chi connectivity index (χ3n) is 5.70. The number of carboxylic acid groups (broad SMARTS) is 1. The van der Waals surface area contributed by atoms with Crippen molar-refractivity contribution in [3.05, 3.63) is 83.8 Å². The van der Waals surface area contributed by atoms with Crippen LogP contribution in [0.5, 0.6) is 11.5 Å². The van der Waals surface area contributed by atoms with Gasteiger partial charge >= 0.3 is 6.36 Å². The second-order valence-electron chi connectivity index (χ2n) is 8.06. The lowest BCUT2D eigenvalue weighted by atomic mass is 9.81. The van der Waals surface area contributed by atoms with Crippen molar-refractivity contribution in [2.24, 2.45) is 7.05 Å². The number of nitrogens with zero attached hydrogens (tertiary/aromatic N) is 3. The number of aryl methyl sites for hydroxylation is 1. The van der Waals surface area contributed by atoms with Crippen LogP contribution in [0.3, 0.4) is 0 Å². The van der Waals surface area contributed by atoms with E-state index in [1.165, 1.54) is 24.3 Å². The highest BCUT2D eigenvalue weighted by molar-refractivity contribution is 5.98. The average molecular weight is 514 g/mol. The molecule has 5 rings (SSSR count). The summed E-state index contributed by atoms with van der Waals surface area (Å²) in [5.41, 5.74) is 0.965. The first-order valence-electron chi connectivity index (χ1n) is 10.9.